The molecule has 3 rings (SSSR count). The van der Waals surface area contributed by atoms with E-state index in [0.29, 0.717) is 22.3 Å². The third kappa shape index (κ3) is 4.18. The first-order valence-corrected chi connectivity index (χ1v) is 10.2. The van der Waals surface area contributed by atoms with E-state index in [1.54, 1.807) is 26.0 Å². The monoisotopic (exact) mass is 434 g/mol. The van der Waals surface area contributed by atoms with Crippen LogP contribution < -0.4 is 10.1 Å². The van der Waals surface area contributed by atoms with Gasteiger partial charge >= 0.3 is 6.03 Å². The maximum Gasteiger partial charge on any atom is 0.325 e. The summed E-state index contributed by atoms with van der Waals surface area (Å²) in [7, 11) is 0. The number of nitrogens with zero attached hydrogens (tertiary/aromatic N) is 1. The molecule has 2 atom stereocenters. The van der Waals surface area contributed by atoms with Gasteiger partial charge in [-0.1, -0.05) is 25.4 Å². The van der Waals surface area contributed by atoms with E-state index in [9.17, 15) is 14.7 Å². The van der Waals surface area contributed by atoms with E-state index in [1.165, 1.54) is 0 Å². The largest absolute Gasteiger partial charge is 0.491 e. The summed E-state index contributed by atoms with van der Waals surface area (Å²) in [4.78, 5) is 26.3. The number of ether oxygens (including phenoxy) is 1. The molecule has 1 aliphatic rings. The molecule has 1 fully saturated rings. The standard InChI is InChI=1S/C22H27ClN2O5/c1-12(2)16-9-17(23)13(3)8-18(16)29-11-15(26)10-25-20(27)22(5,24-21(25)28)19-7-6-14(4)30-19/h6-9,12,15,26H,10-11H2,1-5H3,(H,24,28). The van der Waals surface area contributed by atoms with E-state index in [1.807, 2.05) is 32.9 Å². The Morgan fingerprint density at radius 2 is 1.97 bits per heavy atom. The number of amides is 3. The van der Waals surface area contributed by atoms with E-state index in [2.05, 4.69) is 5.32 Å². The van der Waals surface area contributed by atoms with Crippen LogP contribution in [0.25, 0.3) is 0 Å². The average Bonchev–Trinajstić information content (AvgIpc) is 3.20. The number of hydrogen-bond acceptors (Lipinski definition) is 5. The molecule has 3 amide bonds. The number of aliphatic hydroxyl groups excluding tert-OH is 1. The van der Waals surface area contributed by atoms with Crippen LogP contribution in [-0.4, -0.2) is 41.2 Å². The van der Waals surface area contributed by atoms with E-state index >= 15 is 0 Å². The summed E-state index contributed by atoms with van der Waals surface area (Å²) in [5.41, 5.74) is 0.488. The highest BCUT2D eigenvalue weighted by Crippen LogP contribution is 2.33. The lowest BCUT2D eigenvalue weighted by molar-refractivity contribution is -0.132. The van der Waals surface area contributed by atoms with Gasteiger partial charge in [-0.3, -0.25) is 9.69 Å². The predicted octanol–water partition coefficient (Wildman–Crippen LogP) is 3.88. The van der Waals surface area contributed by atoms with Crippen molar-refractivity contribution in [2.75, 3.05) is 13.2 Å². The maximum absolute atomic E-state index is 12.9. The summed E-state index contributed by atoms with van der Waals surface area (Å²) >= 11 is 6.22. The van der Waals surface area contributed by atoms with Crippen LogP contribution in [0, 0.1) is 13.8 Å². The average molecular weight is 435 g/mol. The lowest BCUT2D eigenvalue weighted by atomic mass is 9.99. The summed E-state index contributed by atoms with van der Waals surface area (Å²) in [6.45, 7) is 9.00. The zero-order valence-electron chi connectivity index (χ0n) is 17.8. The molecule has 1 aliphatic heterocycles. The molecule has 0 bridgehead atoms. The summed E-state index contributed by atoms with van der Waals surface area (Å²) in [5, 5.41) is 13.8. The van der Waals surface area contributed by atoms with Gasteiger partial charge in [0.05, 0.1) is 6.54 Å². The first-order valence-electron chi connectivity index (χ1n) is 9.85. The van der Waals surface area contributed by atoms with Gasteiger partial charge in [0.15, 0.2) is 5.54 Å². The Bertz CT molecular complexity index is 970. The van der Waals surface area contributed by atoms with Gasteiger partial charge in [-0.15, -0.1) is 0 Å². The molecule has 0 radical (unpaired) electrons. The number of aliphatic hydroxyl groups is 1. The van der Waals surface area contributed by atoms with Crippen molar-refractivity contribution in [1.29, 1.82) is 0 Å². The van der Waals surface area contributed by atoms with Crippen molar-refractivity contribution in [3.63, 3.8) is 0 Å². The minimum absolute atomic E-state index is 0.0750. The first-order chi connectivity index (χ1) is 14.0. The van der Waals surface area contributed by atoms with Crippen molar-refractivity contribution in [2.45, 2.75) is 52.2 Å². The van der Waals surface area contributed by atoms with E-state index in [-0.39, 0.29) is 19.1 Å². The summed E-state index contributed by atoms with van der Waals surface area (Å²) in [6, 6.07) is 6.49. The number of carbonyl (C=O) groups excluding carboxylic acids is 2. The third-order valence-electron chi connectivity index (χ3n) is 5.25. The second-order valence-corrected chi connectivity index (χ2v) is 8.55. The zero-order valence-corrected chi connectivity index (χ0v) is 18.5. The van der Waals surface area contributed by atoms with Crippen LogP contribution in [0.15, 0.2) is 28.7 Å². The highest BCUT2D eigenvalue weighted by molar-refractivity contribution is 6.31. The minimum Gasteiger partial charge on any atom is -0.491 e. The molecule has 8 heteroatoms. The van der Waals surface area contributed by atoms with Crippen LogP contribution in [0.4, 0.5) is 4.79 Å². The number of nitrogens with one attached hydrogen (secondary N) is 1. The van der Waals surface area contributed by atoms with Crippen molar-refractivity contribution in [1.82, 2.24) is 10.2 Å². The fourth-order valence-electron chi connectivity index (χ4n) is 3.43. The minimum atomic E-state index is -1.30. The van der Waals surface area contributed by atoms with Crippen molar-refractivity contribution >= 4 is 23.5 Å². The number of β-amino-alcohol motifs (C(OH)–C–C–N with tert-alkyl or cyclic N) is 1. The van der Waals surface area contributed by atoms with Gasteiger partial charge in [-0.2, -0.15) is 0 Å². The summed E-state index contributed by atoms with van der Waals surface area (Å²) in [5.74, 6) is 1.31. The van der Waals surface area contributed by atoms with Crippen LogP contribution >= 0.6 is 11.6 Å². The normalized spacial score (nSPS) is 20.1. The number of furan rings is 1. The number of rotatable bonds is 7. The number of aryl methyl sites for hydroxylation is 2. The number of urea groups is 1. The number of halogens is 1. The van der Waals surface area contributed by atoms with Crippen LogP contribution in [0.1, 0.15) is 49.3 Å². The number of carbonyl (C=O) groups is 2. The molecule has 2 aromatic rings. The second-order valence-electron chi connectivity index (χ2n) is 8.14. The SMILES string of the molecule is Cc1ccc(C2(C)NC(=O)N(CC(O)COc3cc(C)c(Cl)cc3C(C)C)C2=O)o1. The number of imide groups is 1. The molecule has 0 aliphatic carbocycles. The van der Waals surface area contributed by atoms with E-state index in [4.69, 9.17) is 20.8 Å². The second kappa shape index (κ2) is 8.32. The number of hydrogen-bond donors (Lipinski definition) is 2. The Labute approximate surface area is 181 Å². The molecule has 2 unspecified atom stereocenters. The first kappa shape index (κ1) is 22.2. The highest BCUT2D eigenvalue weighted by Gasteiger charge is 2.51. The van der Waals surface area contributed by atoms with Crippen molar-refractivity contribution in [3.05, 3.63) is 51.9 Å². The van der Waals surface area contributed by atoms with Crippen LogP contribution in [0.5, 0.6) is 5.75 Å². The lowest BCUT2D eigenvalue weighted by Crippen LogP contribution is -2.42. The highest BCUT2D eigenvalue weighted by atomic mass is 35.5. The molecular weight excluding hydrogens is 408 g/mol. The van der Waals surface area contributed by atoms with Crippen LogP contribution in [-0.2, 0) is 10.3 Å². The van der Waals surface area contributed by atoms with Crippen LogP contribution in [0.3, 0.4) is 0 Å². The predicted molar refractivity (Wildman–Crippen MR) is 113 cm³/mol. The zero-order chi connectivity index (χ0) is 22.2. The van der Waals surface area contributed by atoms with Gasteiger partial charge in [0.25, 0.3) is 5.91 Å². The molecule has 0 saturated carbocycles. The molecule has 30 heavy (non-hydrogen) atoms. The summed E-state index contributed by atoms with van der Waals surface area (Å²) in [6.07, 6.45) is -1.06. The Kier molecular flexibility index (Phi) is 6.15. The Hall–Kier alpha value is -2.51. The van der Waals surface area contributed by atoms with Gasteiger partial charge in [0, 0.05) is 5.02 Å². The fourth-order valence-corrected chi connectivity index (χ4v) is 3.60. The van der Waals surface area contributed by atoms with Gasteiger partial charge in [-0.25, -0.2) is 4.79 Å². The lowest BCUT2D eigenvalue weighted by Gasteiger charge is -2.22. The molecule has 7 nitrogen and oxygen atoms in total. The number of benzene rings is 1. The Balaban J connectivity index is 1.68. The molecule has 1 aromatic heterocycles. The third-order valence-corrected chi connectivity index (χ3v) is 5.65. The molecule has 2 N–H and O–H groups in total. The van der Waals surface area contributed by atoms with Gasteiger partial charge in [0.1, 0.15) is 30.0 Å². The molecule has 1 aromatic carbocycles. The van der Waals surface area contributed by atoms with Crippen molar-refractivity contribution in [3.8, 4) is 5.75 Å². The molecule has 2 heterocycles. The molecule has 162 valence electrons. The van der Waals surface area contributed by atoms with E-state index in [0.717, 1.165) is 16.0 Å². The van der Waals surface area contributed by atoms with Gasteiger partial charge < -0.3 is 19.6 Å². The van der Waals surface area contributed by atoms with Crippen molar-refractivity contribution < 1.29 is 23.8 Å². The fraction of sp³-hybridized carbons (Fsp3) is 0.455. The maximum atomic E-state index is 12.9. The molecule has 1 saturated heterocycles. The van der Waals surface area contributed by atoms with Gasteiger partial charge in [-0.05, 0) is 62.1 Å². The topological polar surface area (TPSA) is 92.0 Å². The van der Waals surface area contributed by atoms with E-state index < -0.39 is 23.6 Å². The Morgan fingerprint density at radius 3 is 2.57 bits per heavy atom. The van der Waals surface area contributed by atoms with Gasteiger partial charge in [0.2, 0.25) is 0 Å². The Morgan fingerprint density at radius 1 is 1.27 bits per heavy atom. The van der Waals surface area contributed by atoms with Crippen molar-refractivity contribution in [2.24, 2.45) is 0 Å². The molecular formula is C22H27ClN2O5. The quantitative estimate of drug-likeness (QED) is 0.645. The summed E-state index contributed by atoms with van der Waals surface area (Å²) < 4.78 is 11.4. The van der Waals surface area contributed by atoms with Crippen LogP contribution in [0.2, 0.25) is 5.02 Å². The smallest absolute Gasteiger partial charge is 0.325 e. The molecule has 0 spiro atoms.